The van der Waals surface area contributed by atoms with Gasteiger partial charge in [-0.25, -0.2) is 4.90 Å². The van der Waals surface area contributed by atoms with Gasteiger partial charge in [0.25, 0.3) is 11.8 Å². The van der Waals surface area contributed by atoms with Crippen LogP contribution in [0.5, 0.6) is 5.75 Å². The maximum absolute atomic E-state index is 12.5. The molecule has 1 heterocycles. The van der Waals surface area contributed by atoms with Gasteiger partial charge in [-0.3, -0.25) is 9.59 Å². The second kappa shape index (κ2) is 5.67. The van der Waals surface area contributed by atoms with Gasteiger partial charge < -0.3 is 4.74 Å². The molecule has 0 saturated heterocycles. The van der Waals surface area contributed by atoms with Crippen LogP contribution in [0.1, 0.15) is 26.3 Å². The number of hydrogen-bond donors (Lipinski definition) is 0. The summed E-state index contributed by atoms with van der Waals surface area (Å²) in [7, 11) is 0. The Hall–Kier alpha value is -2.83. The average molecular weight is 335 g/mol. The number of nitrogens with zero attached hydrogens (tertiary/aromatic N) is 1. The largest absolute Gasteiger partial charge is 0.482 e. The highest BCUT2D eigenvalue weighted by atomic mass is 19.4. The smallest absolute Gasteiger partial charge is 0.422 e. The van der Waals surface area contributed by atoms with E-state index in [0.717, 1.165) is 4.90 Å². The Bertz CT molecular complexity index is 795. The molecular formula is C17H12F3NO3. The molecule has 0 aliphatic carbocycles. The van der Waals surface area contributed by atoms with Gasteiger partial charge in [0.05, 0.1) is 16.8 Å². The second-order valence-electron chi connectivity index (χ2n) is 5.37. The van der Waals surface area contributed by atoms with Gasteiger partial charge in [0.2, 0.25) is 0 Å². The predicted octanol–water partition coefficient (Wildman–Crippen LogP) is 3.74. The topological polar surface area (TPSA) is 46.6 Å². The lowest BCUT2D eigenvalue weighted by molar-refractivity contribution is -0.153. The number of imide groups is 1. The zero-order chi connectivity index (χ0) is 17.5. The lowest BCUT2D eigenvalue weighted by Crippen LogP contribution is -2.30. The summed E-state index contributed by atoms with van der Waals surface area (Å²) in [6.07, 6.45) is -4.52. The van der Waals surface area contributed by atoms with E-state index >= 15 is 0 Å². The van der Waals surface area contributed by atoms with Gasteiger partial charge in [0.1, 0.15) is 5.75 Å². The number of benzene rings is 2. The van der Waals surface area contributed by atoms with Gasteiger partial charge in [0, 0.05) is 0 Å². The first kappa shape index (κ1) is 16.0. The molecule has 1 aliphatic heterocycles. The Morgan fingerprint density at radius 2 is 1.58 bits per heavy atom. The summed E-state index contributed by atoms with van der Waals surface area (Å²) in [4.78, 5) is 25.8. The fourth-order valence-corrected chi connectivity index (χ4v) is 2.49. The molecule has 0 radical (unpaired) electrons. The van der Waals surface area contributed by atoms with Crippen LogP contribution in [0, 0.1) is 6.92 Å². The van der Waals surface area contributed by atoms with E-state index < -0.39 is 24.6 Å². The lowest BCUT2D eigenvalue weighted by atomic mass is 10.1. The number of rotatable bonds is 3. The number of aryl methyl sites for hydroxylation is 1. The summed E-state index contributed by atoms with van der Waals surface area (Å²) in [6.45, 7) is 0.166. The Labute approximate surface area is 135 Å². The number of anilines is 1. The molecule has 0 fully saturated rings. The van der Waals surface area contributed by atoms with E-state index in [1.54, 1.807) is 25.1 Å². The minimum atomic E-state index is -4.52. The molecule has 0 aromatic heterocycles. The quantitative estimate of drug-likeness (QED) is 0.803. The van der Waals surface area contributed by atoms with E-state index in [0.29, 0.717) is 5.56 Å². The van der Waals surface area contributed by atoms with Crippen LogP contribution in [-0.4, -0.2) is 24.6 Å². The van der Waals surface area contributed by atoms with Crippen LogP contribution in [0.3, 0.4) is 0 Å². The Morgan fingerprint density at radius 1 is 1.00 bits per heavy atom. The first-order chi connectivity index (χ1) is 11.3. The zero-order valence-electron chi connectivity index (χ0n) is 12.6. The summed E-state index contributed by atoms with van der Waals surface area (Å²) in [5.41, 5.74) is 1.07. The fraction of sp³-hybridized carbons (Fsp3) is 0.176. The molecule has 0 bridgehead atoms. The molecular weight excluding hydrogens is 323 g/mol. The van der Waals surface area contributed by atoms with Crippen molar-refractivity contribution in [1.82, 2.24) is 0 Å². The van der Waals surface area contributed by atoms with Crippen molar-refractivity contribution in [3.63, 3.8) is 0 Å². The molecule has 7 heteroatoms. The van der Waals surface area contributed by atoms with Crippen LogP contribution >= 0.6 is 0 Å². The molecule has 24 heavy (non-hydrogen) atoms. The normalized spacial score (nSPS) is 14.1. The summed E-state index contributed by atoms with van der Waals surface area (Å²) < 4.78 is 42.2. The van der Waals surface area contributed by atoms with Gasteiger partial charge in [-0.2, -0.15) is 13.2 Å². The number of halogens is 3. The highest BCUT2D eigenvalue weighted by Crippen LogP contribution is 2.36. The third-order valence-electron chi connectivity index (χ3n) is 3.54. The standard InChI is InChI=1S/C17H12F3NO3/c1-10-6-7-13(14(8-10)24-9-17(18,19)20)21-15(22)11-4-2-3-5-12(11)16(21)23/h2-8H,9H2,1H3. The van der Waals surface area contributed by atoms with E-state index in [1.165, 1.54) is 24.3 Å². The minimum absolute atomic E-state index is 0.00366. The van der Waals surface area contributed by atoms with Crippen molar-refractivity contribution in [3.05, 3.63) is 59.2 Å². The highest BCUT2D eigenvalue weighted by Gasteiger charge is 2.38. The minimum Gasteiger partial charge on any atom is -0.482 e. The van der Waals surface area contributed by atoms with Crippen LogP contribution in [0.25, 0.3) is 0 Å². The number of fused-ring (bicyclic) bond motifs is 1. The van der Waals surface area contributed by atoms with Crippen LogP contribution < -0.4 is 9.64 Å². The first-order valence-electron chi connectivity index (χ1n) is 7.06. The molecule has 4 nitrogen and oxygen atoms in total. The number of carbonyl (C=O) groups excluding carboxylic acids is 2. The molecule has 0 spiro atoms. The van der Waals surface area contributed by atoms with Crippen molar-refractivity contribution >= 4 is 17.5 Å². The summed E-state index contributed by atoms with van der Waals surface area (Å²) >= 11 is 0. The van der Waals surface area contributed by atoms with Crippen molar-refractivity contribution in [1.29, 1.82) is 0 Å². The van der Waals surface area contributed by atoms with Crippen molar-refractivity contribution in [2.24, 2.45) is 0 Å². The molecule has 2 amide bonds. The van der Waals surface area contributed by atoms with Crippen molar-refractivity contribution in [3.8, 4) is 5.75 Å². The monoisotopic (exact) mass is 335 g/mol. The molecule has 3 rings (SSSR count). The SMILES string of the molecule is Cc1ccc(N2C(=O)c3ccccc3C2=O)c(OCC(F)(F)F)c1. The predicted molar refractivity (Wildman–Crippen MR) is 80.3 cm³/mol. The van der Waals surface area contributed by atoms with Crippen molar-refractivity contribution in [2.75, 3.05) is 11.5 Å². The fourth-order valence-electron chi connectivity index (χ4n) is 2.49. The first-order valence-corrected chi connectivity index (χ1v) is 7.06. The number of carbonyl (C=O) groups is 2. The van der Waals surface area contributed by atoms with Gasteiger partial charge in [0.15, 0.2) is 6.61 Å². The van der Waals surface area contributed by atoms with Crippen molar-refractivity contribution < 1.29 is 27.5 Å². The molecule has 0 unspecified atom stereocenters. The molecule has 1 aliphatic rings. The van der Waals surface area contributed by atoms with E-state index in [1.807, 2.05) is 0 Å². The highest BCUT2D eigenvalue weighted by molar-refractivity contribution is 6.34. The van der Waals surface area contributed by atoms with E-state index in [2.05, 4.69) is 0 Å². The maximum atomic E-state index is 12.5. The number of ether oxygens (including phenoxy) is 1. The Kier molecular flexibility index (Phi) is 3.79. The van der Waals surface area contributed by atoms with E-state index in [-0.39, 0.29) is 22.6 Å². The van der Waals surface area contributed by atoms with Crippen LogP contribution in [0.2, 0.25) is 0 Å². The van der Waals surface area contributed by atoms with Crippen molar-refractivity contribution in [2.45, 2.75) is 13.1 Å². The molecule has 0 atom stereocenters. The van der Waals surface area contributed by atoms with Gasteiger partial charge >= 0.3 is 6.18 Å². The number of hydrogen-bond acceptors (Lipinski definition) is 3. The summed E-state index contributed by atoms with van der Waals surface area (Å²) in [5.74, 6) is -1.34. The van der Waals surface area contributed by atoms with Crippen LogP contribution in [0.4, 0.5) is 18.9 Å². The second-order valence-corrected chi connectivity index (χ2v) is 5.37. The third kappa shape index (κ3) is 2.84. The van der Waals surface area contributed by atoms with E-state index in [4.69, 9.17) is 4.74 Å². The van der Waals surface area contributed by atoms with Crippen LogP contribution in [-0.2, 0) is 0 Å². The number of amides is 2. The summed E-state index contributed by atoms with van der Waals surface area (Å²) in [5, 5.41) is 0. The lowest BCUT2D eigenvalue weighted by Gasteiger charge is -2.19. The van der Waals surface area contributed by atoms with Crippen LogP contribution in [0.15, 0.2) is 42.5 Å². The van der Waals surface area contributed by atoms with Gasteiger partial charge in [-0.05, 0) is 36.8 Å². The Balaban J connectivity index is 2.01. The van der Waals surface area contributed by atoms with Gasteiger partial charge in [-0.15, -0.1) is 0 Å². The third-order valence-corrected chi connectivity index (χ3v) is 3.54. The molecule has 124 valence electrons. The zero-order valence-corrected chi connectivity index (χ0v) is 12.6. The number of alkyl halides is 3. The van der Waals surface area contributed by atoms with E-state index in [9.17, 15) is 22.8 Å². The molecule has 2 aromatic carbocycles. The molecule has 0 N–H and O–H groups in total. The average Bonchev–Trinajstić information content (AvgIpc) is 2.77. The molecule has 0 saturated carbocycles. The maximum Gasteiger partial charge on any atom is 0.422 e. The van der Waals surface area contributed by atoms with Gasteiger partial charge in [-0.1, -0.05) is 18.2 Å². The summed E-state index contributed by atoms with van der Waals surface area (Å²) in [6, 6.07) is 10.6. The molecule has 2 aromatic rings. The Morgan fingerprint density at radius 3 is 2.12 bits per heavy atom.